The van der Waals surface area contributed by atoms with Gasteiger partial charge in [-0.05, 0) is 53.2 Å². The number of benzene rings is 4. The van der Waals surface area contributed by atoms with Gasteiger partial charge in [-0.15, -0.1) is 10.2 Å². The van der Waals surface area contributed by atoms with Crippen molar-refractivity contribution in [2.24, 2.45) is 0 Å². The summed E-state index contributed by atoms with van der Waals surface area (Å²) in [7, 11) is 1.64. The molecular formula is C29H23N3O4S. The van der Waals surface area contributed by atoms with Crippen LogP contribution in [0.4, 0.5) is 0 Å². The Bertz CT molecular complexity index is 1590. The maximum Gasteiger partial charge on any atom is 0.196 e. The fraction of sp³-hybridized carbons (Fsp3) is 0.138. The summed E-state index contributed by atoms with van der Waals surface area (Å²) in [6.45, 7) is 0.313. The number of hydrogen-bond donors (Lipinski definition) is 0. The van der Waals surface area contributed by atoms with E-state index in [4.69, 9.17) is 14.2 Å². The lowest BCUT2D eigenvalue weighted by Gasteiger charge is -2.26. The van der Waals surface area contributed by atoms with Gasteiger partial charge in [-0.3, -0.25) is 9.36 Å². The molecule has 37 heavy (non-hydrogen) atoms. The molecule has 0 saturated heterocycles. The predicted molar refractivity (Wildman–Crippen MR) is 142 cm³/mol. The van der Waals surface area contributed by atoms with Gasteiger partial charge < -0.3 is 14.2 Å². The molecule has 1 aliphatic rings. The van der Waals surface area contributed by atoms with Crippen LogP contribution in [0.25, 0.3) is 16.5 Å². The van der Waals surface area contributed by atoms with Crippen LogP contribution in [0.2, 0.25) is 0 Å². The summed E-state index contributed by atoms with van der Waals surface area (Å²) in [4.78, 5) is 13.1. The third-order valence-electron chi connectivity index (χ3n) is 6.17. The lowest BCUT2D eigenvalue weighted by molar-refractivity contribution is 0.0835. The zero-order valence-corrected chi connectivity index (χ0v) is 20.9. The van der Waals surface area contributed by atoms with E-state index in [1.165, 1.54) is 11.8 Å². The largest absolute Gasteiger partial charge is 0.497 e. The van der Waals surface area contributed by atoms with E-state index in [1.807, 2.05) is 95.6 Å². The van der Waals surface area contributed by atoms with Gasteiger partial charge in [-0.2, -0.15) is 0 Å². The minimum absolute atomic E-state index is 0.0121. The number of thioether (sulfide) groups is 1. The summed E-state index contributed by atoms with van der Waals surface area (Å²) in [5, 5.41) is 11.5. The Morgan fingerprint density at radius 1 is 0.946 bits per heavy atom. The highest BCUT2D eigenvalue weighted by molar-refractivity contribution is 7.99. The second kappa shape index (κ2) is 9.99. The van der Waals surface area contributed by atoms with E-state index < -0.39 is 6.10 Å². The van der Waals surface area contributed by atoms with Gasteiger partial charge >= 0.3 is 0 Å². The smallest absolute Gasteiger partial charge is 0.196 e. The third-order valence-corrected chi connectivity index (χ3v) is 7.10. The van der Waals surface area contributed by atoms with Crippen molar-refractivity contribution in [1.82, 2.24) is 14.8 Å². The minimum Gasteiger partial charge on any atom is -0.497 e. The number of ether oxygens (including phenoxy) is 3. The van der Waals surface area contributed by atoms with Crippen LogP contribution < -0.4 is 14.2 Å². The lowest BCUT2D eigenvalue weighted by atomic mass is 10.0. The van der Waals surface area contributed by atoms with Gasteiger partial charge in [0.1, 0.15) is 12.4 Å². The van der Waals surface area contributed by atoms with E-state index in [9.17, 15) is 4.79 Å². The number of carbonyl (C=O) groups is 1. The van der Waals surface area contributed by atoms with Crippen molar-refractivity contribution in [3.05, 3.63) is 102 Å². The first-order valence-electron chi connectivity index (χ1n) is 11.8. The topological polar surface area (TPSA) is 75.5 Å². The molecule has 0 saturated carbocycles. The molecule has 184 valence electrons. The number of aromatic nitrogens is 3. The first-order chi connectivity index (χ1) is 18.2. The average molecular weight is 510 g/mol. The van der Waals surface area contributed by atoms with Crippen molar-refractivity contribution < 1.29 is 19.0 Å². The molecule has 6 rings (SSSR count). The summed E-state index contributed by atoms with van der Waals surface area (Å²) in [5.74, 6) is 3.01. The molecule has 0 amide bonds. The van der Waals surface area contributed by atoms with E-state index in [0.29, 0.717) is 34.7 Å². The molecule has 0 radical (unpaired) electrons. The van der Waals surface area contributed by atoms with Gasteiger partial charge in [-0.1, -0.05) is 60.3 Å². The Hall–Kier alpha value is -4.30. The van der Waals surface area contributed by atoms with Crippen LogP contribution in [0.15, 0.2) is 96.2 Å². The summed E-state index contributed by atoms with van der Waals surface area (Å²) in [6, 6.07) is 28.9. The lowest BCUT2D eigenvalue weighted by Crippen LogP contribution is -2.24. The Kier molecular flexibility index (Phi) is 6.24. The van der Waals surface area contributed by atoms with Crippen molar-refractivity contribution in [2.45, 2.75) is 11.3 Å². The highest BCUT2D eigenvalue weighted by atomic mass is 32.2. The van der Waals surface area contributed by atoms with E-state index >= 15 is 0 Å². The van der Waals surface area contributed by atoms with Crippen molar-refractivity contribution in [2.75, 3.05) is 19.5 Å². The molecule has 0 bridgehead atoms. The minimum atomic E-state index is -0.440. The summed E-state index contributed by atoms with van der Waals surface area (Å²) < 4.78 is 19.4. The van der Waals surface area contributed by atoms with Crippen molar-refractivity contribution in [3.63, 3.8) is 0 Å². The van der Waals surface area contributed by atoms with Crippen molar-refractivity contribution in [1.29, 1.82) is 0 Å². The zero-order chi connectivity index (χ0) is 25.2. The molecule has 0 fully saturated rings. The Morgan fingerprint density at radius 3 is 2.54 bits per heavy atom. The van der Waals surface area contributed by atoms with Gasteiger partial charge in [0.25, 0.3) is 0 Å². The number of para-hydroxylation sites is 3. The Balaban J connectivity index is 1.26. The SMILES string of the molecule is COc1ccc2cc(C(=O)CSc3nnc([C@H]4COc5ccccc5O4)n3-c3ccccc3)ccc2c1. The summed E-state index contributed by atoms with van der Waals surface area (Å²) in [5.41, 5.74) is 1.54. The van der Waals surface area contributed by atoms with Crippen LogP contribution >= 0.6 is 11.8 Å². The monoisotopic (exact) mass is 509 g/mol. The molecule has 0 unspecified atom stereocenters. The molecule has 0 aliphatic carbocycles. The molecule has 1 atom stereocenters. The highest BCUT2D eigenvalue weighted by Gasteiger charge is 2.29. The standard InChI is InChI=1S/C29H23N3O4S/c1-34-23-14-13-19-15-21(12-11-20(19)16-23)24(33)18-37-29-31-30-28(32(29)22-7-3-2-4-8-22)27-17-35-25-9-5-6-10-26(25)36-27/h2-16,27H,17-18H2,1H3/t27-/m1/s1. The molecule has 5 aromatic rings. The second-order valence-corrected chi connectivity index (χ2v) is 9.46. The van der Waals surface area contributed by atoms with Gasteiger partial charge in [0, 0.05) is 11.3 Å². The quantitative estimate of drug-likeness (QED) is 0.199. The first-order valence-corrected chi connectivity index (χ1v) is 12.8. The summed E-state index contributed by atoms with van der Waals surface area (Å²) in [6.07, 6.45) is -0.440. The van der Waals surface area contributed by atoms with Crippen LogP contribution in [0.5, 0.6) is 17.2 Å². The summed E-state index contributed by atoms with van der Waals surface area (Å²) >= 11 is 1.35. The molecule has 8 heteroatoms. The Morgan fingerprint density at radius 2 is 1.70 bits per heavy atom. The molecule has 4 aromatic carbocycles. The van der Waals surface area contributed by atoms with Crippen molar-refractivity contribution in [3.8, 4) is 22.9 Å². The number of ketones is 1. The fourth-order valence-electron chi connectivity index (χ4n) is 4.29. The van der Waals surface area contributed by atoms with Crippen LogP contribution in [-0.4, -0.2) is 40.0 Å². The number of Topliss-reactive ketones (excluding diaryl/α,β-unsaturated/α-hetero) is 1. The number of methoxy groups -OCH3 is 1. The molecule has 0 spiro atoms. The number of carbonyl (C=O) groups excluding carboxylic acids is 1. The Labute approximate surface area is 218 Å². The van der Waals surface area contributed by atoms with Crippen LogP contribution in [0, 0.1) is 0 Å². The van der Waals surface area contributed by atoms with Crippen LogP contribution in [0.3, 0.4) is 0 Å². The van der Waals surface area contributed by atoms with E-state index in [0.717, 1.165) is 22.2 Å². The molecular weight excluding hydrogens is 486 g/mol. The predicted octanol–water partition coefficient (Wildman–Crippen LogP) is 5.92. The van der Waals surface area contributed by atoms with E-state index in [2.05, 4.69) is 10.2 Å². The average Bonchev–Trinajstić information content (AvgIpc) is 3.39. The molecule has 0 N–H and O–H groups in total. The number of hydrogen-bond acceptors (Lipinski definition) is 7. The first kappa shape index (κ1) is 23.1. The highest BCUT2D eigenvalue weighted by Crippen LogP contribution is 2.37. The van der Waals surface area contributed by atoms with Gasteiger partial charge in [-0.25, -0.2) is 0 Å². The molecule has 1 aliphatic heterocycles. The van der Waals surface area contributed by atoms with E-state index in [1.54, 1.807) is 7.11 Å². The molecule has 1 aromatic heterocycles. The van der Waals surface area contributed by atoms with Crippen LogP contribution in [0.1, 0.15) is 22.3 Å². The third kappa shape index (κ3) is 4.63. The van der Waals surface area contributed by atoms with Gasteiger partial charge in [0.2, 0.25) is 0 Å². The number of rotatable bonds is 7. The number of nitrogens with zero attached hydrogens (tertiary/aromatic N) is 3. The molecule has 7 nitrogen and oxygen atoms in total. The van der Waals surface area contributed by atoms with Crippen molar-refractivity contribution >= 4 is 28.3 Å². The van der Waals surface area contributed by atoms with Gasteiger partial charge in [0.05, 0.1) is 12.9 Å². The maximum absolute atomic E-state index is 13.1. The fourth-order valence-corrected chi connectivity index (χ4v) is 5.14. The maximum atomic E-state index is 13.1. The molecule has 2 heterocycles. The van der Waals surface area contributed by atoms with Crippen LogP contribution in [-0.2, 0) is 0 Å². The van der Waals surface area contributed by atoms with Gasteiger partial charge in [0.15, 0.2) is 34.4 Å². The van der Waals surface area contributed by atoms with E-state index in [-0.39, 0.29) is 11.5 Å². The normalized spacial score (nSPS) is 14.5. The number of fused-ring (bicyclic) bond motifs is 2. The zero-order valence-electron chi connectivity index (χ0n) is 20.0. The second-order valence-electron chi connectivity index (χ2n) is 8.52.